The number of hydrogen-bond donors (Lipinski definition) is 0. The standard InChI is InChI=1S/C11H5F6NO2S/c1-20-9(19)5-2-7(10(12,13)14)6(4-18)8(3-5)21-11(15,16)17/h2-3H,1H3. The van der Waals surface area contributed by atoms with Gasteiger partial charge in [0.1, 0.15) is 6.07 Å². The maximum Gasteiger partial charge on any atom is 0.446 e. The molecule has 0 fully saturated rings. The second-order valence-corrected chi connectivity index (χ2v) is 4.65. The zero-order valence-electron chi connectivity index (χ0n) is 10.1. The highest BCUT2D eigenvalue weighted by atomic mass is 32.2. The minimum absolute atomic E-state index is 0.283. The molecule has 1 aromatic rings. The maximum atomic E-state index is 12.8. The number of hydrogen-bond acceptors (Lipinski definition) is 4. The van der Waals surface area contributed by atoms with Gasteiger partial charge in [-0.2, -0.15) is 31.6 Å². The van der Waals surface area contributed by atoms with Crippen LogP contribution in [0.3, 0.4) is 0 Å². The third kappa shape index (κ3) is 4.29. The molecule has 0 atom stereocenters. The van der Waals surface area contributed by atoms with Crippen LogP contribution in [0.25, 0.3) is 0 Å². The summed E-state index contributed by atoms with van der Waals surface area (Å²) in [6.07, 6.45) is -5.09. The van der Waals surface area contributed by atoms with Gasteiger partial charge in [0.05, 0.1) is 23.8 Å². The van der Waals surface area contributed by atoms with Crippen molar-refractivity contribution in [1.82, 2.24) is 0 Å². The minimum Gasteiger partial charge on any atom is -0.465 e. The van der Waals surface area contributed by atoms with Gasteiger partial charge in [-0.05, 0) is 23.9 Å². The molecule has 1 rings (SSSR count). The molecule has 0 unspecified atom stereocenters. The second-order valence-electron chi connectivity index (χ2n) is 3.55. The van der Waals surface area contributed by atoms with Gasteiger partial charge in [0.25, 0.3) is 0 Å². The largest absolute Gasteiger partial charge is 0.465 e. The first-order valence-electron chi connectivity index (χ1n) is 4.99. The van der Waals surface area contributed by atoms with E-state index in [9.17, 15) is 31.1 Å². The first-order valence-corrected chi connectivity index (χ1v) is 5.80. The van der Waals surface area contributed by atoms with Gasteiger partial charge in [0.15, 0.2) is 0 Å². The Morgan fingerprint density at radius 2 is 1.81 bits per heavy atom. The molecule has 0 N–H and O–H groups in total. The van der Waals surface area contributed by atoms with E-state index in [-0.39, 0.29) is 6.07 Å². The molecule has 21 heavy (non-hydrogen) atoms. The lowest BCUT2D eigenvalue weighted by Gasteiger charge is -2.15. The zero-order chi connectivity index (χ0) is 16.4. The van der Waals surface area contributed by atoms with Crippen LogP contribution in [-0.2, 0) is 10.9 Å². The Morgan fingerprint density at radius 1 is 1.24 bits per heavy atom. The van der Waals surface area contributed by atoms with Gasteiger partial charge in [0, 0.05) is 4.90 Å². The SMILES string of the molecule is COC(=O)c1cc(SC(F)(F)F)c(C#N)c(C(F)(F)F)c1. The summed E-state index contributed by atoms with van der Waals surface area (Å²) in [6.45, 7) is 0. The first-order chi connectivity index (χ1) is 9.49. The van der Waals surface area contributed by atoms with E-state index < -0.39 is 51.0 Å². The Bertz CT molecular complexity index is 602. The molecule has 0 spiro atoms. The van der Waals surface area contributed by atoms with E-state index in [2.05, 4.69) is 4.74 Å². The van der Waals surface area contributed by atoms with Crippen molar-refractivity contribution in [3.05, 3.63) is 28.8 Å². The average Bonchev–Trinajstić information content (AvgIpc) is 2.33. The molecule has 0 aromatic heterocycles. The van der Waals surface area contributed by atoms with Gasteiger partial charge < -0.3 is 4.74 Å². The summed E-state index contributed by atoms with van der Waals surface area (Å²) >= 11 is -0.906. The molecule has 0 radical (unpaired) electrons. The Labute approximate surface area is 118 Å². The average molecular weight is 329 g/mol. The van der Waals surface area contributed by atoms with Crippen LogP contribution in [0.4, 0.5) is 26.3 Å². The number of alkyl halides is 6. The van der Waals surface area contributed by atoms with Crippen LogP contribution in [0.1, 0.15) is 21.5 Å². The summed E-state index contributed by atoms with van der Waals surface area (Å²) in [6, 6.07) is 1.91. The number of nitriles is 1. The van der Waals surface area contributed by atoms with E-state index in [4.69, 9.17) is 5.26 Å². The maximum absolute atomic E-state index is 12.8. The Balaban J connectivity index is 3.61. The molecule has 1 aromatic carbocycles. The third-order valence-corrected chi connectivity index (χ3v) is 2.94. The summed E-state index contributed by atoms with van der Waals surface area (Å²) in [4.78, 5) is 10.2. The summed E-state index contributed by atoms with van der Waals surface area (Å²) < 4.78 is 79.7. The zero-order valence-corrected chi connectivity index (χ0v) is 10.9. The summed E-state index contributed by atoms with van der Waals surface area (Å²) in [7, 11) is 0.865. The Morgan fingerprint density at radius 3 is 2.19 bits per heavy atom. The lowest BCUT2D eigenvalue weighted by Crippen LogP contribution is -2.13. The number of benzene rings is 1. The smallest absolute Gasteiger partial charge is 0.446 e. The molecule has 0 heterocycles. The van der Waals surface area contributed by atoms with Crippen molar-refractivity contribution < 1.29 is 35.9 Å². The van der Waals surface area contributed by atoms with E-state index in [1.807, 2.05) is 0 Å². The molecule has 0 bridgehead atoms. The number of carbonyl (C=O) groups is 1. The molecule has 0 aliphatic rings. The number of nitrogens with zero attached hydrogens (tertiary/aromatic N) is 1. The molecule has 0 aliphatic heterocycles. The number of esters is 1. The first kappa shape index (κ1) is 17.2. The highest BCUT2D eigenvalue weighted by molar-refractivity contribution is 8.00. The topological polar surface area (TPSA) is 50.1 Å². The summed E-state index contributed by atoms with van der Waals surface area (Å²) in [5, 5.41) is 8.70. The van der Waals surface area contributed by atoms with Crippen molar-refractivity contribution in [2.24, 2.45) is 0 Å². The predicted octanol–water partition coefficient (Wildman–Crippen LogP) is 3.98. The van der Waals surface area contributed by atoms with Crippen LogP contribution in [0, 0.1) is 11.3 Å². The van der Waals surface area contributed by atoms with Gasteiger partial charge in [-0.25, -0.2) is 4.79 Å². The molecule has 0 saturated heterocycles. The van der Waals surface area contributed by atoms with Crippen molar-refractivity contribution in [3.8, 4) is 6.07 Å². The fourth-order valence-electron chi connectivity index (χ4n) is 1.40. The summed E-state index contributed by atoms with van der Waals surface area (Å²) in [5.41, 5.74) is -8.46. The highest BCUT2D eigenvalue weighted by Gasteiger charge is 2.38. The minimum atomic E-state index is -5.09. The summed E-state index contributed by atoms with van der Waals surface area (Å²) in [5.74, 6) is -1.24. The molecule has 3 nitrogen and oxygen atoms in total. The van der Waals surface area contributed by atoms with Gasteiger partial charge in [-0.3, -0.25) is 0 Å². The number of halogens is 6. The van der Waals surface area contributed by atoms with Crippen LogP contribution >= 0.6 is 11.8 Å². The van der Waals surface area contributed by atoms with Gasteiger partial charge >= 0.3 is 17.7 Å². The molecule has 10 heteroatoms. The van der Waals surface area contributed by atoms with Crippen LogP contribution < -0.4 is 0 Å². The lowest BCUT2D eigenvalue weighted by atomic mass is 10.0. The van der Waals surface area contributed by atoms with Crippen LogP contribution in [0.2, 0.25) is 0 Å². The number of rotatable bonds is 2. The fraction of sp³-hybridized carbons (Fsp3) is 0.273. The van der Waals surface area contributed by atoms with Crippen LogP contribution in [0.15, 0.2) is 17.0 Å². The van der Waals surface area contributed by atoms with E-state index in [0.717, 1.165) is 13.2 Å². The number of thioether (sulfide) groups is 1. The molecule has 0 saturated carbocycles. The molecule has 0 amide bonds. The van der Waals surface area contributed by atoms with Crippen molar-refractivity contribution >= 4 is 17.7 Å². The lowest BCUT2D eigenvalue weighted by molar-refractivity contribution is -0.138. The van der Waals surface area contributed by atoms with E-state index >= 15 is 0 Å². The molecular weight excluding hydrogens is 324 g/mol. The van der Waals surface area contributed by atoms with Crippen LogP contribution in [0.5, 0.6) is 0 Å². The van der Waals surface area contributed by atoms with Gasteiger partial charge in [-0.15, -0.1) is 0 Å². The molecular formula is C11H5F6NO2S. The van der Waals surface area contributed by atoms with Crippen molar-refractivity contribution in [2.45, 2.75) is 16.6 Å². The predicted molar refractivity (Wildman–Crippen MR) is 59.4 cm³/mol. The second kappa shape index (κ2) is 5.85. The molecule has 0 aliphatic carbocycles. The van der Waals surface area contributed by atoms with Crippen molar-refractivity contribution in [1.29, 1.82) is 5.26 Å². The van der Waals surface area contributed by atoms with E-state index in [1.54, 1.807) is 0 Å². The number of carbonyl (C=O) groups excluding carboxylic acids is 1. The monoisotopic (exact) mass is 329 g/mol. The third-order valence-electron chi connectivity index (χ3n) is 2.17. The van der Waals surface area contributed by atoms with E-state index in [0.29, 0.717) is 6.07 Å². The van der Waals surface area contributed by atoms with E-state index in [1.165, 1.54) is 0 Å². The molecule has 114 valence electrons. The Hall–Kier alpha value is -1.89. The quantitative estimate of drug-likeness (QED) is 0.468. The van der Waals surface area contributed by atoms with Crippen molar-refractivity contribution in [2.75, 3.05) is 7.11 Å². The van der Waals surface area contributed by atoms with Crippen LogP contribution in [-0.4, -0.2) is 18.6 Å². The Kier molecular flexibility index (Phi) is 4.78. The normalized spacial score (nSPS) is 11.9. The van der Waals surface area contributed by atoms with Gasteiger partial charge in [0.2, 0.25) is 0 Å². The van der Waals surface area contributed by atoms with Gasteiger partial charge in [-0.1, -0.05) is 0 Å². The number of methoxy groups -OCH3 is 1. The van der Waals surface area contributed by atoms with Crippen molar-refractivity contribution in [3.63, 3.8) is 0 Å². The number of ether oxygens (including phenoxy) is 1. The fourth-order valence-corrected chi connectivity index (χ4v) is 2.09. The highest BCUT2D eigenvalue weighted by Crippen LogP contribution is 2.43.